The van der Waals surface area contributed by atoms with Gasteiger partial charge in [0.2, 0.25) is 5.91 Å². The smallest absolute Gasteiger partial charge is 0.338 e. The molecule has 5 heteroatoms. The predicted molar refractivity (Wildman–Crippen MR) is 58.5 cm³/mol. The average Bonchev–Trinajstić information content (AvgIpc) is 2.27. The highest BCUT2D eigenvalue weighted by Gasteiger charge is 2.17. The maximum Gasteiger partial charge on any atom is 0.338 e. The number of nitrogens with two attached hydrogens (primary N) is 2. The molecule has 5 nitrogen and oxygen atoms in total. The Labute approximate surface area is 93.4 Å². The van der Waals surface area contributed by atoms with Crippen molar-refractivity contribution in [3.63, 3.8) is 0 Å². The molecule has 86 valence electrons. The van der Waals surface area contributed by atoms with Crippen molar-refractivity contribution in [2.24, 2.45) is 11.5 Å². The molecule has 0 aromatic heterocycles. The highest BCUT2D eigenvalue weighted by atomic mass is 16.5. The number of carbonyl (C=O) groups excluding carboxylic acids is 2. The first-order valence-corrected chi connectivity index (χ1v) is 4.77. The number of hydrogen-bond acceptors (Lipinski definition) is 4. The van der Waals surface area contributed by atoms with Crippen LogP contribution in [0.15, 0.2) is 24.3 Å². The standard InChI is InChI=1S/C11H14N2O3/c1-16-11(15)8-5-3-2-4-7(8)9(12)6-10(13)14/h2-5,9H,6,12H2,1H3,(H2,13,14). The van der Waals surface area contributed by atoms with Crippen molar-refractivity contribution >= 4 is 11.9 Å². The van der Waals surface area contributed by atoms with Crippen molar-refractivity contribution in [1.29, 1.82) is 0 Å². The molecular formula is C11H14N2O3. The summed E-state index contributed by atoms with van der Waals surface area (Å²) in [5, 5.41) is 0. The number of benzene rings is 1. The second-order valence-electron chi connectivity index (χ2n) is 3.36. The molecule has 0 heterocycles. The van der Waals surface area contributed by atoms with Gasteiger partial charge in [-0.15, -0.1) is 0 Å². The summed E-state index contributed by atoms with van der Waals surface area (Å²) < 4.78 is 4.62. The van der Waals surface area contributed by atoms with Gasteiger partial charge in [-0.3, -0.25) is 4.79 Å². The van der Waals surface area contributed by atoms with E-state index in [1.807, 2.05) is 0 Å². The van der Waals surface area contributed by atoms with E-state index in [0.29, 0.717) is 11.1 Å². The van der Waals surface area contributed by atoms with E-state index in [1.165, 1.54) is 7.11 Å². The molecule has 0 aliphatic carbocycles. The van der Waals surface area contributed by atoms with Crippen LogP contribution in [0, 0.1) is 0 Å². The van der Waals surface area contributed by atoms with E-state index in [0.717, 1.165) is 0 Å². The summed E-state index contributed by atoms with van der Waals surface area (Å²) in [6, 6.07) is 6.13. The first-order chi connectivity index (χ1) is 7.56. The minimum Gasteiger partial charge on any atom is -0.465 e. The molecule has 16 heavy (non-hydrogen) atoms. The van der Waals surface area contributed by atoms with Crippen LogP contribution in [-0.4, -0.2) is 19.0 Å². The Morgan fingerprint density at radius 3 is 2.56 bits per heavy atom. The van der Waals surface area contributed by atoms with Gasteiger partial charge in [-0.1, -0.05) is 18.2 Å². The Balaban J connectivity index is 3.03. The topological polar surface area (TPSA) is 95.4 Å². The molecule has 0 aliphatic rings. The zero-order valence-corrected chi connectivity index (χ0v) is 8.97. The molecule has 1 unspecified atom stereocenters. The monoisotopic (exact) mass is 222 g/mol. The summed E-state index contributed by atoms with van der Waals surface area (Å²) in [6.07, 6.45) is -0.00594. The highest BCUT2D eigenvalue weighted by Crippen LogP contribution is 2.19. The van der Waals surface area contributed by atoms with Gasteiger partial charge >= 0.3 is 5.97 Å². The maximum atomic E-state index is 11.4. The largest absolute Gasteiger partial charge is 0.465 e. The lowest BCUT2D eigenvalue weighted by molar-refractivity contribution is -0.118. The van der Waals surface area contributed by atoms with Crippen LogP contribution in [-0.2, 0) is 9.53 Å². The highest BCUT2D eigenvalue weighted by molar-refractivity contribution is 5.91. The number of rotatable bonds is 4. The third-order valence-electron chi connectivity index (χ3n) is 2.19. The molecule has 0 radical (unpaired) electrons. The van der Waals surface area contributed by atoms with Gasteiger partial charge in [-0.05, 0) is 11.6 Å². The Bertz CT molecular complexity index is 404. The first kappa shape index (κ1) is 12.2. The summed E-state index contributed by atoms with van der Waals surface area (Å²) in [4.78, 5) is 22.2. The molecule has 1 aromatic rings. The van der Waals surface area contributed by atoms with E-state index in [9.17, 15) is 9.59 Å². The van der Waals surface area contributed by atoms with E-state index in [1.54, 1.807) is 24.3 Å². The molecule has 1 atom stereocenters. The average molecular weight is 222 g/mol. The van der Waals surface area contributed by atoms with Crippen LogP contribution < -0.4 is 11.5 Å². The lowest BCUT2D eigenvalue weighted by atomic mass is 9.98. The van der Waals surface area contributed by atoms with Crippen molar-refractivity contribution in [1.82, 2.24) is 0 Å². The fraction of sp³-hybridized carbons (Fsp3) is 0.273. The zero-order valence-electron chi connectivity index (χ0n) is 8.97. The van der Waals surface area contributed by atoms with Gasteiger partial charge in [0.25, 0.3) is 0 Å². The molecule has 1 amide bonds. The van der Waals surface area contributed by atoms with Gasteiger partial charge in [0.15, 0.2) is 0 Å². The van der Waals surface area contributed by atoms with Gasteiger partial charge in [0.1, 0.15) is 0 Å². The van der Waals surface area contributed by atoms with Crippen LogP contribution >= 0.6 is 0 Å². The van der Waals surface area contributed by atoms with E-state index < -0.39 is 17.9 Å². The van der Waals surface area contributed by atoms with E-state index >= 15 is 0 Å². The van der Waals surface area contributed by atoms with Crippen molar-refractivity contribution in [2.45, 2.75) is 12.5 Å². The Hall–Kier alpha value is -1.88. The molecule has 0 spiro atoms. The number of esters is 1. The number of carbonyl (C=O) groups is 2. The normalized spacial score (nSPS) is 11.9. The summed E-state index contributed by atoms with van der Waals surface area (Å²) in [6.45, 7) is 0. The van der Waals surface area contributed by atoms with Crippen molar-refractivity contribution in [3.05, 3.63) is 35.4 Å². The number of hydrogen-bond donors (Lipinski definition) is 2. The van der Waals surface area contributed by atoms with E-state index in [2.05, 4.69) is 4.74 Å². The van der Waals surface area contributed by atoms with Crippen LogP contribution in [0.2, 0.25) is 0 Å². The summed E-state index contributed by atoms with van der Waals surface area (Å²) in [5.41, 5.74) is 11.8. The summed E-state index contributed by atoms with van der Waals surface area (Å²) in [5.74, 6) is -0.984. The number of ether oxygens (including phenoxy) is 1. The van der Waals surface area contributed by atoms with Gasteiger partial charge in [0.05, 0.1) is 12.7 Å². The van der Waals surface area contributed by atoms with Crippen LogP contribution in [0.25, 0.3) is 0 Å². The van der Waals surface area contributed by atoms with Crippen LogP contribution in [0.5, 0.6) is 0 Å². The summed E-state index contributed by atoms with van der Waals surface area (Å²) >= 11 is 0. The zero-order chi connectivity index (χ0) is 12.1. The van der Waals surface area contributed by atoms with E-state index in [-0.39, 0.29) is 6.42 Å². The van der Waals surface area contributed by atoms with Crippen LogP contribution in [0.3, 0.4) is 0 Å². The molecule has 4 N–H and O–H groups in total. The van der Waals surface area contributed by atoms with Gasteiger partial charge in [-0.25, -0.2) is 4.79 Å². The lowest BCUT2D eigenvalue weighted by Gasteiger charge is -2.13. The molecule has 0 saturated carbocycles. The Morgan fingerprint density at radius 1 is 1.38 bits per heavy atom. The second kappa shape index (κ2) is 5.27. The van der Waals surface area contributed by atoms with Crippen LogP contribution in [0.1, 0.15) is 28.4 Å². The van der Waals surface area contributed by atoms with Crippen molar-refractivity contribution < 1.29 is 14.3 Å². The fourth-order valence-corrected chi connectivity index (χ4v) is 1.44. The number of methoxy groups -OCH3 is 1. The minimum atomic E-state index is -0.590. The number of amides is 1. The third-order valence-corrected chi connectivity index (χ3v) is 2.19. The SMILES string of the molecule is COC(=O)c1ccccc1C(N)CC(N)=O. The first-order valence-electron chi connectivity index (χ1n) is 4.77. The van der Waals surface area contributed by atoms with E-state index in [4.69, 9.17) is 11.5 Å². The Kier molecular flexibility index (Phi) is 4.02. The maximum absolute atomic E-state index is 11.4. The molecule has 0 aliphatic heterocycles. The molecule has 0 fully saturated rings. The second-order valence-corrected chi connectivity index (χ2v) is 3.36. The van der Waals surface area contributed by atoms with Crippen molar-refractivity contribution in [3.8, 4) is 0 Å². The summed E-state index contributed by atoms with van der Waals surface area (Å²) in [7, 11) is 1.29. The number of primary amides is 1. The Morgan fingerprint density at radius 2 is 2.00 bits per heavy atom. The van der Waals surface area contributed by atoms with Crippen LogP contribution in [0.4, 0.5) is 0 Å². The van der Waals surface area contributed by atoms with Gasteiger partial charge in [-0.2, -0.15) is 0 Å². The molecular weight excluding hydrogens is 208 g/mol. The molecule has 0 bridgehead atoms. The quantitative estimate of drug-likeness (QED) is 0.718. The fourth-order valence-electron chi connectivity index (χ4n) is 1.44. The van der Waals surface area contributed by atoms with Crippen molar-refractivity contribution in [2.75, 3.05) is 7.11 Å². The predicted octanol–water partition coefficient (Wildman–Crippen LogP) is 0.348. The lowest BCUT2D eigenvalue weighted by Crippen LogP contribution is -2.22. The minimum absolute atomic E-state index is 0.00594. The molecule has 1 aromatic carbocycles. The molecule has 1 rings (SSSR count). The van der Waals surface area contributed by atoms with Gasteiger partial charge in [0, 0.05) is 12.5 Å². The molecule has 0 saturated heterocycles. The third kappa shape index (κ3) is 2.80. The van der Waals surface area contributed by atoms with Gasteiger partial charge < -0.3 is 16.2 Å².